The molecule has 2 heterocycles. The molecule has 6 nitrogen and oxygen atoms in total. The zero-order valence-electron chi connectivity index (χ0n) is 20.1. The summed E-state index contributed by atoms with van der Waals surface area (Å²) in [5.41, 5.74) is 7.78. The zero-order valence-corrected chi connectivity index (χ0v) is 20.1. The Kier molecular flexibility index (Phi) is 5.49. The largest absolute Gasteiger partial charge is 0.493 e. The third-order valence-electron chi connectivity index (χ3n) is 6.68. The lowest BCUT2D eigenvalue weighted by Crippen LogP contribution is -2.42. The van der Waals surface area contributed by atoms with Crippen LogP contribution in [0.2, 0.25) is 0 Å². The highest BCUT2D eigenvalue weighted by Gasteiger charge is 2.31. The zero-order chi connectivity index (χ0) is 23.3. The van der Waals surface area contributed by atoms with Crippen LogP contribution in [-0.4, -0.2) is 23.4 Å². The van der Waals surface area contributed by atoms with Crippen LogP contribution in [0.3, 0.4) is 0 Å². The van der Waals surface area contributed by atoms with Gasteiger partial charge < -0.3 is 9.47 Å². The van der Waals surface area contributed by atoms with Gasteiger partial charge in [0.25, 0.3) is 0 Å². The van der Waals surface area contributed by atoms with E-state index in [1.165, 1.54) is 5.56 Å². The van der Waals surface area contributed by atoms with Crippen molar-refractivity contribution in [3.63, 3.8) is 0 Å². The average Bonchev–Trinajstić information content (AvgIpc) is 2.76. The smallest absolute Gasteiger partial charge is 0.330 e. The number of nitrogens with zero attached hydrogens (tertiary/aromatic N) is 3. The van der Waals surface area contributed by atoms with E-state index in [0.29, 0.717) is 17.0 Å². The molecule has 168 valence electrons. The van der Waals surface area contributed by atoms with E-state index in [0.717, 1.165) is 33.6 Å². The van der Waals surface area contributed by atoms with Gasteiger partial charge in [0.15, 0.2) is 11.5 Å². The van der Waals surface area contributed by atoms with Crippen molar-refractivity contribution in [2.24, 2.45) is 12.0 Å². The predicted octanol–water partition coefficient (Wildman–Crippen LogP) is 4.71. The summed E-state index contributed by atoms with van der Waals surface area (Å²) in [5.74, 6) is 1.47. The second kappa shape index (κ2) is 8.01. The SMILES string of the molecule is COc1cc2c(cc1OC)C(C)C(C)n1c-2cc(=Nc2c(C)cc(C)cc2C)n(C)c1=O. The van der Waals surface area contributed by atoms with Crippen LogP contribution in [0.1, 0.15) is 48.1 Å². The molecule has 0 N–H and O–H groups in total. The van der Waals surface area contributed by atoms with Gasteiger partial charge in [0.1, 0.15) is 5.49 Å². The highest BCUT2D eigenvalue weighted by atomic mass is 16.5. The maximum Gasteiger partial charge on any atom is 0.330 e. The van der Waals surface area contributed by atoms with Crippen LogP contribution in [0.25, 0.3) is 11.3 Å². The summed E-state index contributed by atoms with van der Waals surface area (Å²) in [5, 5.41) is 0. The molecule has 2 aromatic carbocycles. The van der Waals surface area contributed by atoms with Crippen LogP contribution in [0.4, 0.5) is 5.69 Å². The lowest BCUT2D eigenvalue weighted by atomic mass is 9.85. The Hall–Kier alpha value is -3.28. The van der Waals surface area contributed by atoms with E-state index in [1.807, 2.05) is 22.8 Å². The van der Waals surface area contributed by atoms with Crippen molar-refractivity contribution in [2.45, 2.75) is 46.6 Å². The molecule has 1 aliphatic heterocycles. The minimum atomic E-state index is -0.0801. The normalized spacial score (nSPS) is 17.7. The van der Waals surface area contributed by atoms with Crippen molar-refractivity contribution in [3.05, 3.63) is 68.6 Å². The van der Waals surface area contributed by atoms with Crippen LogP contribution >= 0.6 is 0 Å². The first-order chi connectivity index (χ1) is 15.2. The number of aryl methyl sites for hydroxylation is 3. The van der Waals surface area contributed by atoms with Crippen molar-refractivity contribution in [2.75, 3.05) is 14.2 Å². The van der Waals surface area contributed by atoms with E-state index in [4.69, 9.17) is 14.5 Å². The molecular weight excluding hydrogens is 402 g/mol. The highest BCUT2D eigenvalue weighted by Crippen LogP contribution is 2.45. The fourth-order valence-electron chi connectivity index (χ4n) is 4.80. The Bertz CT molecular complexity index is 1320. The summed E-state index contributed by atoms with van der Waals surface area (Å²) < 4.78 is 14.6. The molecule has 0 fully saturated rings. The molecule has 6 heteroatoms. The molecule has 32 heavy (non-hydrogen) atoms. The van der Waals surface area contributed by atoms with Crippen molar-refractivity contribution < 1.29 is 9.47 Å². The first kappa shape index (κ1) is 21.9. The van der Waals surface area contributed by atoms with Crippen molar-refractivity contribution in [3.8, 4) is 22.8 Å². The van der Waals surface area contributed by atoms with Crippen LogP contribution in [0.15, 0.2) is 40.1 Å². The number of fused-ring (bicyclic) bond motifs is 3. The maximum absolute atomic E-state index is 13.5. The molecule has 1 aliphatic rings. The van der Waals surface area contributed by atoms with Gasteiger partial charge in [-0.15, -0.1) is 0 Å². The van der Waals surface area contributed by atoms with Gasteiger partial charge in [-0.1, -0.05) is 24.6 Å². The fourth-order valence-corrected chi connectivity index (χ4v) is 4.80. The lowest BCUT2D eigenvalue weighted by molar-refractivity contribution is 0.352. The number of methoxy groups -OCH3 is 2. The second-order valence-electron chi connectivity index (χ2n) is 8.78. The van der Waals surface area contributed by atoms with Gasteiger partial charge in [-0.2, -0.15) is 0 Å². The number of hydrogen-bond acceptors (Lipinski definition) is 4. The monoisotopic (exact) mass is 433 g/mol. The van der Waals surface area contributed by atoms with Crippen molar-refractivity contribution in [1.29, 1.82) is 0 Å². The molecule has 0 saturated heterocycles. The Morgan fingerprint density at radius 1 is 0.906 bits per heavy atom. The van der Waals surface area contributed by atoms with E-state index in [2.05, 4.69) is 46.8 Å². The van der Waals surface area contributed by atoms with E-state index >= 15 is 0 Å². The standard InChI is InChI=1S/C26H31N3O3/c1-14-9-15(2)25(16(3)10-14)27-24-13-21-20-12-23(32-8)22(31-7)11-19(20)17(4)18(5)29(21)26(30)28(24)6/h9-13,17-18H,1-8H3. The van der Waals surface area contributed by atoms with Gasteiger partial charge in [0.2, 0.25) is 0 Å². The summed E-state index contributed by atoms with van der Waals surface area (Å²) >= 11 is 0. The van der Waals surface area contributed by atoms with Crippen LogP contribution in [0.5, 0.6) is 11.5 Å². The molecule has 0 radical (unpaired) electrons. The first-order valence-electron chi connectivity index (χ1n) is 10.9. The Morgan fingerprint density at radius 3 is 2.09 bits per heavy atom. The van der Waals surface area contributed by atoms with Crippen LogP contribution in [-0.2, 0) is 7.05 Å². The molecule has 2 unspecified atom stereocenters. The molecule has 0 saturated carbocycles. The van der Waals surface area contributed by atoms with Crippen molar-refractivity contribution in [1.82, 2.24) is 9.13 Å². The Balaban J connectivity index is 2.06. The summed E-state index contributed by atoms with van der Waals surface area (Å²) in [6.07, 6.45) is 0. The number of hydrogen-bond donors (Lipinski definition) is 0. The lowest BCUT2D eigenvalue weighted by Gasteiger charge is -2.33. The number of benzene rings is 2. The fraction of sp³-hybridized carbons (Fsp3) is 0.385. The quantitative estimate of drug-likeness (QED) is 0.601. The van der Waals surface area contributed by atoms with E-state index in [1.54, 1.807) is 25.8 Å². The molecule has 0 amide bonds. The number of aromatic nitrogens is 2. The van der Waals surface area contributed by atoms with E-state index in [-0.39, 0.29) is 17.6 Å². The van der Waals surface area contributed by atoms with Gasteiger partial charge in [-0.05, 0) is 56.5 Å². The topological polar surface area (TPSA) is 57.8 Å². The summed E-state index contributed by atoms with van der Waals surface area (Å²) in [7, 11) is 5.05. The highest BCUT2D eigenvalue weighted by molar-refractivity contribution is 5.71. The third-order valence-corrected chi connectivity index (χ3v) is 6.68. The summed E-state index contributed by atoms with van der Waals surface area (Å²) in [6.45, 7) is 10.4. The number of ether oxygens (including phenoxy) is 2. The van der Waals surface area contributed by atoms with Crippen molar-refractivity contribution >= 4 is 5.69 Å². The van der Waals surface area contributed by atoms with E-state index in [9.17, 15) is 4.79 Å². The Morgan fingerprint density at radius 2 is 1.50 bits per heavy atom. The minimum Gasteiger partial charge on any atom is -0.493 e. The third kappa shape index (κ3) is 3.34. The Labute approximate surface area is 188 Å². The van der Waals surface area contributed by atoms with Crippen LogP contribution in [0, 0.1) is 20.8 Å². The molecular formula is C26H31N3O3. The van der Waals surface area contributed by atoms with Gasteiger partial charge in [-0.3, -0.25) is 9.13 Å². The minimum absolute atomic E-state index is 0.00815. The van der Waals surface area contributed by atoms with Gasteiger partial charge in [-0.25, -0.2) is 9.79 Å². The summed E-state index contributed by atoms with van der Waals surface area (Å²) in [4.78, 5) is 18.4. The first-order valence-corrected chi connectivity index (χ1v) is 10.9. The summed E-state index contributed by atoms with van der Waals surface area (Å²) in [6, 6.07) is 10.2. The molecule has 0 spiro atoms. The molecule has 0 aliphatic carbocycles. The molecule has 0 bridgehead atoms. The molecule has 3 aromatic rings. The van der Waals surface area contributed by atoms with E-state index < -0.39 is 0 Å². The van der Waals surface area contributed by atoms with Gasteiger partial charge in [0, 0.05) is 30.6 Å². The number of rotatable bonds is 3. The van der Waals surface area contributed by atoms with Crippen LogP contribution < -0.4 is 20.7 Å². The maximum atomic E-state index is 13.5. The predicted molar refractivity (Wildman–Crippen MR) is 127 cm³/mol. The average molecular weight is 434 g/mol. The molecule has 2 atom stereocenters. The molecule has 1 aromatic heterocycles. The molecule has 4 rings (SSSR count). The second-order valence-corrected chi connectivity index (χ2v) is 8.78. The van der Waals surface area contributed by atoms with Gasteiger partial charge >= 0.3 is 5.69 Å². The van der Waals surface area contributed by atoms with Gasteiger partial charge in [0.05, 0.1) is 25.6 Å².